The average molecular weight is 524 g/mol. The van der Waals surface area contributed by atoms with E-state index >= 15 is 0 Å². The van der Waals surface area contributed by atoms with Crippen LogP contribution < -0.4 is 4.90 Å². The lowest BCUT2D eigenvalue weighted by Gasteiger charge is -2.36. The topological polar surface area (TPSA) is 91.5 Å². The number of benzene rings is 3. The second-order valence-electron chi connectivity index (χ2n) is 9.04. The number of amides is 1. The lowest BCUT2D eigenvalue weighted by molar-refractivity contribution is 0.0518. The van der Waals surface area contributed by atoms with Crippen LogP contribution in [0.1, 0.15) is 33.3 Å². The summed E-state index contributed by atoms with van der Waals surface area (Å²) in [7, 11) is 0. The fourth-order valence-electron chi connectivity index (χ4n) is 4.55. The van der Waals surface area contributed by atoms with Crippen molar-refractivity contribution in [2.24, 2.45) is 0 Å². The molecule has 4 aromatic rings. The van der Waals surface area contributed by atoms with Gasteiger partial charge in [-0.15, -0.1) is 0 Å². The van der Waals surface area contributed by atoms with Crippen LogP contribution in [0.5, 0.6) is 0 Å². The summed E-state index contributed by atoms with van der Waals surface area (Å²) in [6.45, 7) is 4.50. The smallest absolute Gasteiger partial charge is 0.358 e. The Morgan fingerprint density at radius 1 is 0.923 bits per heavy atom. The van der Waals surface area contributed by atoms with E-state index in [1.54, 1.807) is 54.1 Å². The Kier molecular flexibility index (Phi) is 7.37. The van der Waals surface area contributed by atoms with Gasteiger partial charge in [-0.2, -0.15) is 10.4 Å². The molecule has 1 amide bonds. The molecule has 1 aliphatic rings. The fraction of sp³-hybridized carbons (Fsp3) is 0.200. The molecule has 1 saturated heterocycles. The van der Waals surface area contributed by atoms with E-state index in [-0.39, 0.29) is 24.0 Å². The predicted molar refractivity (Wildman–Crippen MR) is 144 cm³/mol. The van der Waals surface area contributed by atoms with Gasteiger partial charge in [0, 0.05) is 43.0 Å². The third kappa shape index (κ3) is 5.50. The molecular weight excluding hydrogens is 497 g/mol. The first kappa shape index (κ1) is 25.7. The number of anilines is 1. The van der Waals surface area contributed by atoms with Crippen molar-refractivity contribution in [2.45, 2.75) is 6.92 Å². The minimum absolute atomic E-state index is 0.0408. The number of ether oxygens (including phenoxy) is 1. The molecule has 196 valence electrons. The number of nitriles is 1. The molecule has 0 N–H and O–H groups in total. The highest BCUT2D eigenvalue weighted by Gasteiger charge is 2.23. The number of hydrogen-bond acceptors (Lipinski definition) is 6. The van der Waals surface area contributed by atoms with Crippen molar-refractivity contribution in [3.8, 4) is 23.0 Å². The van der Waals surface area contributed by atoms with Crippen molar-refractivity contribution >= 4 is 17.6 Å². The molecule has 39 heavy (non-hydrogen) atoms. The van der Waals surface area contributed by atoms with Gasteiger partial charge in [0.15, 0.2) is 5.69 Å². The van der Waals surface area contributed by atoms with Gasteiger partial charge in [-0.1, -0.05) is 12.1 Å². The van der Waals surface area contributed by atoms with Crippen molar-refractivity contribution in [2.75, 3.05) is 37.7 Å². The molecule has 5 rings (SSSR count). The summed E-state index contributed by atoms with van der Waals surface area (Å²) in [4.78, 5) is 29.3. The monoisotopic (exact) mass is 523 g/mol. The third-order valence-corrected chi connectivity index (χ3v) is 6.62. The Labute approximate surface area is 225 Å². The van der Waals surface area contributed by atoms with E-state index in [2.05, 4.69) is 16.1 Å². The van der Waals surface area contributed by atoms with Gasteiger partial charge in [0.2, 0.25) is 0 Å². The zero-order valence-corrected chi connectivity index (χ0v) is 21.4. The number of esters is 1. The molecule has 3 aromatic carbocycles. The highest BCUT2D eigenvalue weighted by molar-refractivity contribution is 5.94. The van der Waals surface area contributed by atoms with Crippen LogP contribution in [-0.4, -0.2) is 59.3 Å². The first-order valence-corrected chi connectivity index (χ1v) is 12.6. The molecule has 0 saturated carbocycles. The molecule has 1 fully saturated rings. The van der Waals surface area contributed by atoms with Gasteiger partial charge in [-0.25, -0.2) is 13.9 Å². The molecule has 0 aliphatic carbocycles. The van der Waals surface area contributed by atoms with Crippen LogP contribution in [0.4, 0.5) is 10.1 Å². The second-order valence-corrected chi connectivity index (χ2v) is 9.04. The van der Waals surface area contributed by atoms with Crippen molar-refractivity contribution in [1.29, 1.82) is 5.26 Å². The molecule has 0 spiro atoms. The first-order chi connectivity index (χ1) is 19.0. The lowest BCUT2D eigenvalue weighted by atomic mass is 10.1. The minimum Gasteiger partial charge on any atom is -0.461 e. The average Bonchev–Trinajstić information content (AvgIpc) is 3.43. The standard InChI is InChI=1S/C30H26FN5O3/c1-2-39-30(38)27-19-28(36(33-27)26-13-9-24(31)10-14-26)22-7-11-25(12-8-22)34-15-17-35(18-16-34)29(37)23-5-3-21(20-32)4-6-23/h3-14,19H,2,15-18H2,1H3. The van der Waals surface area contributed by atoms with Crippen molar-refractivity contribution in [1.82, 2.24) is 14.7 Å². The van der Waals surface area contributed by atoms with E-state index in [9.17, 15) is 14.0 Å². The Bertz CT molecular complexity index is 1520. The van der Waals surface area contributed by atoms with E-state index in [4.69, 9.17) is 10.00 Å². The van der Waals surface area contributed by atoms with Crippen LogP contribution in [0.15, 0.2) is 78.9 Å². The van der Waals surface area contributed by atoms with Crippen LogP contribution in [0.3, 0.4) is 0 Å². The SMILES string of the molecule is CCOC(=O)c1cc(-c2ccc(N3CCN(C(=O)c4ccc(C#N)cc4)CC3)cc2)n(-c2ccc(F)cc2)n1. The Balaban J connectivity index is 1.32. The number of carbonyl (C=O) groups excluding carboxylic acids is 2. The molecule has 1 aliphatic heterocycles. The number of piperazine rings is 1. The van der Waals surface area contributed by atoms with E-state index in [0.29, 0.717) is 48.7 Å². The quantitative estimate of drug-likeness (QED) is 0.341. The van der Waals surface area contributed by atoms with Gasteiger partial charge in [0.25, 0.3) is 5.91 Å². The normalized spacial score (nSPS) is 13.2. The Morgan fingerprint density at radius 3 is 2.18 bits per heavy atom. The number of nitrogens with zero attached hydrogens (tertiary/aromatic N) is 5. The summed E-state index contributed by atoms with van der Waals surface area (Å²) in [5.74, 6) is -0.924. The highest BCUT2D eigenvalue weighted by atomic mass is 19.1. The second kappa shape index (κ2) is 11.2. The summed E-state index contributed by atoms with van der Waals surface area (Å²) < 4.78 is 20.3. The number of hydrogen-bond donors (Lipinski definition) is 0. The molecule has 8 nitrogen and oxygen atoms in total. The maximum Gasteiger partial charge on any atom is 0.358 e. The highest BCUT2D eigenvalue weighted by Crippen LogP contribution is 2.28. The summed E-state index contributed by atoms with van der Waals surface area (Å²) in [5, 5.41) is 13.4. The molecule has 9 heteroatoms. The van der Waals surface area contributed by atoms with E-state index in [1.165, 1.54) is 12.1 Å². The predicted octanol–water partition coefficient (Wildman–Crippen LogP) is 4.69. The minimum atomic E-state index is -0.523. The number of halogens is 1. The Hall–Kier alpha value is -4.97. The van der Waals surface area contributed by atoms with Crippen LogP contribution in [0.2, 0.25) is 0 Å². The summed E-state index contributed by atoms with van der Waals surface area (Å²) in [5.41, 5.74) is 4.42. The van der Waals surface area contributed by atoms with Crippen LogP contribution in [0.25, 0.3) is 16.9 Å². The summed E-state index contributed by atoms with van der Waals surface area (Å²) >= 11 is 0. The van der Waals surface area contributed by atoms with Crippen LogP contribution in [-0.2, 0) is 4.74 Å². The van der Waals surface area contributed by atoms with Gasteiger partial charge >= 0.3 is 5.97 Å². The number of aromatic nitrogens is 2. The number of rotatable bonds is 6. The Morgan fingerprint density at radius 2 is 1.56 bits per heavy atom. The van der Waals surface area contributed by atoms with E-state index in [0.717, 1.165) is 11.3 Å². The van der Waals surface area contributed by atoms with Crippen molar-refractivity contribution in [3.05, 3.63) is 102 Å². The first-order valence-electron chi connectivity index (χ1n) is 12.6. The largest absolute Gasteiger partial charge is 0.461 e. The maximum absolute atomic E-state index is 13.5. The molecule has 0 atom stereocenters. The molecule has 0 unspecified atom stereocenters. The number of carbonyl (C=O) groups is 2. The van der Waals surface area contributed by atoms with Crippen LogP contribution >= 0.6 is 0 Å². The van der Waals surface area contributed by atoms with E-state index in [1.807, 2.05) is 29.2 Å². The molecule has 2 heterocycles. The van der Waals surface area contributed by atoms with Gasteiger partial charge in [0.1, 0.15) is 5.82 Å². The van der Waals surface area contributed by atoms with Gasteiger partial charge < -0.3 is 14.5 Å². The van der Waals surface area contributed by atoms with E-state index < -0.39 is 5.97 Å². The lowest BCUT2D eigenvalue weighted by Crippen LogP contribution is -2.48. The van der Waals surface area contributed by atoms with Gasteiger partial charge in [0.05, 0.1) is 29.6 Å². The summed E-state index contributed by atoms with van der Waals surface area (Å²) in [6, 6.07) is 24.2. The van der Waals surface area contributed by atoms with Gasteiger partial charge in [-0.3, -0.25) is 4.79 Å². The molecular formula is C30H26FN5O3. The van der Waals surface area contributed by atoms with Crippen molar-refractivity contribution < 1.29 is 18.7 Å². The summed E-state index contributed by atoms with van der Waals surface area (Å²) in [6.07, 6.45) is 0. The fourth-order valence-corrected chi connectivity index (χ4v) is 4.55. The zero-order valence-electron chi connectivity index (χ0n) is 21.4. The maximum atomic E-state index is 13.5. The van der Waals surface area contributed by atoms with Crippen LogP contribution in [0, 0.1) is 17.1 Å². The van der Waals surface area contributed by atoms with Gasteiger partial charge in [-0.05, 0) is 73.7 Å². The van der Waals surface area contributed by atoms with Crippen molar-refractivity contribution in [3.63, 3.8) is 0 Å². The molecule has 0 radical (unpaired) electrons. The molecule has 0 bridgehead atoms. The third-order valence-electron chi connectivity index (χ3n) is 6.62. The molecule has 1 aromatic heterocycles. The zero-order chi connectivity index (χ0) is 27.4.